The Morgan fingerprint density at radius 3 is 2.15 bits per heavy atom. The molecule has 1 heterocycles. The van der Waals surface area contributed by atoms with Crippen LogP contribution in [0, 0.1) is 10.7 Å². The zero-order valence-corrected chi connectivity index (χ0v) is 16.5. The number of rotatable bonds is 6. The average Bonchev–Trinajstić information content (AvgIpc) is 2.93. The van der Waals surface area contributed by atoms with Crippen molar-refractivity contribution in [2.24, 2.45) is 0 Å². The first-order valence-electron chi connectivity index (χ1n) is 8.91. The van der Waals surface area contributed by atoms with Crippen molar-refractivity contribution >= 4 is 31.2 Å². The molecule has 1 atom stereocenters. The summed E-state index contributed by atoms with van der Waals surface area (Å²) < 4.78 is 1.20. The third-order valence-electron chi connectivity index (χ3n) is 4.36. The fraction of sp³-hybridized carbons (Fsp3) is 0.273. The van der Waals surface area contributed by atoms with E-state index in [1.807, 2.05) is 18.2 Å². The number of nitrogens with zero attached hydrogens (tertiary/aromatic N) is 1. The fourth-order valence-corrected chi connectivity index (χ4v) is 4.26. The van der Waals surface area contributed by atoms with E-state index in [1.165, 1.54) is 9.36 Å². The maximum absolute atomic E-state index is 12.8. The Balaban J connectivity index is 1.81. The van der Waals surface area contributed by atoms with Crippen LogP contribution in [0.5, 0.6) is 0 Å². The number of unbranched alkanes of at least 4 members (excludes halogenated alkanes) is 2. The molecule has 2 aromatic carbocycles. The van der Waals surface area contributed by atoms with E-state index in [0.717, 1.165) is 25.7 Å². The van der Waals surface area contributed by atoms with Crippen molar-refractivity contribution < 1.29 is 9.59 Å². The second kappa shape index (κ2) is 8.85. The van der Waals surface area contributed by atoms with Crippen molar-refractivity contribution in [2.75, 3.05) is 0 Å². The molecule has 0 bridgehead atoms. The molecule has 0 aromatic heterocycles. The average molecular weight is 410 g/mol. The topological polar surface area (TPSA) is 37.4 Å². The van der Waals surface area contributed by atoms with Gasteiger partial charge in [0.25, 0.3) is 0 Å². The fourth-order valence-electron chi connectivity index (χ4n) is 2.99. The van der Waals surface area contributed by atoms with Gasteiger partial charge in [0.15, 0.2) is 0 Å². The van der Waals surface area contributed by atoms with Crippen molar-refractivity contribution in [3.8, 4) is 10.7 Å². The van der Waals surface area contributed by atoms with Crippen molar-refractivity contribution in [1.82, 2.24) is 4.90 Å². The van der Waals surface area contributed by atoms with Crippen LogP contribution in [-0.2, 0) is 0 Å². The van der Waals surface area contributed by atoms with E-state index in [1.54, 1.807) is 24.3 Å². The standard InChI is InChI=1S/C22H21NO2Se/c1-2-3-5-10-17(15-16-26-18-11-6-4-7-12-18)23-21(24)19-13-8-9-14-20(19)22(23)25/h4,6-9,11-14,17H,2-3,5,10H2,1H3. The molecule has 0 fully saturated rings. The molecule has 0 saturated carbocycles. The Hall–Kier alpha value is -2.34. The van der Waals surface area contributed by atoms with Gasteiger partial charge in [-0.05, 0) is 0 Å². The van der Waals surface area contributed by atoms with Gasteiger partial charge in [-0.25, -0.2) is 0 Å². The minimum absolute atomic E-state index is 0.0168. The number of hydrogen-bond acceptors (Lipinski definition) is 2. The molecule has 3 nitrogen and oxygen atoms in total. The predicted molar refractivity (Wildman–Crippen MR) is 104 cm³/mol. The van der Waals surface area contributed by atoms with Crippen LogP contribution in [0.1, 0.15) is 53.3 Å². The second-order valence-corrected chi connectivity index (χ2v) is 8.04. The van der Waals surface area contributed by atoms with Gasteiger partial charge in [0.1, 0.15) is 0 Å². The summed E-state index contributed by atoms with van der Waals surface area (Å²) in [6, 6.07) is 16.8. The van der Waals surface area contributed by atoms with Crippen LogP contribution in [0.15, 0.2) is 54.6 Å². The summed E-state index contributed by atoms with van der Waals surface area (Å²) in [6.07, 6.45) is 3.86. The van der Waals surface area contributed by atoms with Gasteiger partial charge in [-0.15, -0.1) is 0 Å². The molecule has 0 N–H and O–H groups in total. The number of carbonyl (C=O) groups excluding carboxylic acids is 2. The molecule has 1 unspecified atom stereocenters. The third kappa shape index (κ3) is 4.07. The molecule has 26 heavy (non-hydrogen) atoms. The minimum atomic E-state index is -0.348. The Labute approximate surface area is 160 Å². The second-order valence-electron chi connectivity index (χ2n) is 6.20. The first kappa shape index (κ1) is 18.5. The van der Waals surface area contributed by atoms with E-state index in [-0.39, 0.29) is 32.8 Å². The van der Waals surface area contributed by atoms with E-state index in [0.29, 0.717) is 11.1 Å². The van der Waals surface area contributed by atoms with Gasteiger partial charge in [0.05, 0.1) is 0 Å². The summed E-state index contributed by atoms with van der Waals surface area (Å²) >= 11 is 0.0168. The summed E-state index contributed by atoms with van der Waals surface area (Å²) in [5, 5.41) is 0. The summed E-state index contributed by atoms with van der Waals surface area (Å²) in [7, 11) is 0. The van der Waals surface area contributed by atoms with Crippen LogP contribution in [-0.4, -0.2) is 37.7 Å². The van der Waals surface area contributed by atoms with Gasteiger partial charge in [0, 0.05) is 0 Å². The van der Waals surface area contributed by atoms with E-state index < -0.39 is 0 Å². The Morgan fingerprint density at radius 2 is 1.54 bits per heavy atom. The molecule has 1 aliphatic rings. The number of hydrogen-bond donors (Lipinski definition) is 0. The third-order valence-corrected chi connectivity index (χ3v) is 5.88. The zero-order chi connectivity index (χ0) is 18.4. The molecule has 0 aliphatic carbocycles. The Kier molecular flexibility index (Phi) is 6.28. The van der Waals surface area contributed by atoms with Crippen LogP contribution in [0.3, 0.4) is 0 Å². The summed E-state index contributed by atoms with van der Waals surface area (Å²) in [6.45, 7) is 2.14. The number of imide groups is 1. The molecule has 2 amide bonds. The molecule has 4 heteroatoms. The molecule has 0 radical (unpaired) electrons. The zero-order valence-electron chi connectivity index (χ0n) is 14.8. The van der Waals surface area contributed by atoms with Gasteiger partial charge < -0.3 is 0 Å². The molecule has 3 rings (SSSR count). The van der Waals surface area contributed by atoms with Gasteiger partial charge in [-0.2, -0.15) is 0 Å². The molecule has 0 spiro atoms. The summed E-state index contributed by atoms with van der Waals surface area (Å²) in [5.74, 6) is 2.80. The monoisotopic (exact) mass is 411 g/mol. The number of amides is 2. The van der Waals surface area contributed by atoms with Crippen LogP contribution in [0.2, 0.25) is 0 Å². The molecular formula is C22H21NO2Se. The molecule has 1 aliphatic heterocycles. The first-order chi connectivity index (χ1) is 12.7. The molecule has 132 valence electrons. The van der Waals surface area contributed by atoms with Crippen LogP contribution < -0.4 is 4.46 Å². The Bertz CT molecular complexity index is 816. The van der Waals surface area contributed by atoms with Crippen molar-refractivity contribution in [2.45, 2.75) is 38.6 Å². The SMILES string of the molecule is CCCCCC(C#C[Se]c1ccccc1)N1C(=O)c2ccccc2C1=O. The molecular weight excluding hydrogens is 389 g/mol. The van der Waals surface area contributed by atoms with E-state index in [2.05, 4.69) is 29.8 Å². The van der Waals surface area contributed by atoms with Crippen LogP contribution in [0.25, 0.3) is 0 Å². The van der Waals surface area contributed by atoms with Crippen molar-refractivity contribution in [3.05, 3.63) is 65.7 Å². The van der Waals surface area contributed by atoms with Crippen LogP contribution in [0.4, 0.5) is 0 Å². The van der Waals surface area contributed by atoms with Crippen molar-refractivity contribution in [3.63, 3.8) is 0 Å². The molecule has 0 saturated heterocycles. The predicted octanol–water partition coefficient (Wildman–Crippen LogP) is 3.22. The first-order valence-corrected chi connectivity index (χ1v) is 10.6. The van der Waals surface area contributed by atoms with Crippen LogP contribution >= 0.6 is 0 Å². The van der Waals surface area contributed by atoms with Gasteiger partial charge >= 0.3 is 161 Å². The van der Waals surface area contributed by atoms with E-state index >= 15 is 0 Å². The number of benzene rings is 2. The van der Waals surface area contributed by atoms with Gasteiger partial charge in [-0.3, -0.25) is 0 Å². The normalized spacial score (nSPS) is 14.0. The summed E-state index contributed by atoms with van der Waals surface area (Å²) in [5.41, 5.74) is 0.988. The maximum atomic E-state index is 12.8. The van der Waals surface area contributed by atoms with Crippen molar-refractivity contribution in [1.29, 1.82) is 0 Å². The van der Waals surface area contributed by atoms with Gasteiger partial charge in [-0.1, -0.05) is 0 Å². The quantitative estimate of drug-likeness (QED) is 0.317. The van der Waals surface area contributed by atoms with Gasteiger partial charge in [0.2, 0.25) is 0 Å². The van der Waals surface area contributed by atoms with E-state index in [4.69, 9.17) is 0 Å². The Morgan fingerprint density at radius 1 is 0.923 bits per heavy atom. The number of carbonyl (C=O) groups is 2. The summed E-state index contributed by atoms with van der Waals surface area (Å²) in [4.78, 5) is 30.1. The number of fused-ring (bicyclic) bond motifs is 1. The van der Waals surface area contributed by atoms with E-state index in [9.17, 15) is 9.59 Å². The molecule has 2 aromatic rings.